The monoisotopic (exact) mass is 394 g/mol. The Hall–Kier alpha value is -2.26. The first kappa shape index (κ1) is 19.1. The van der Waals surface area contributed by atoms with Gasteiger partial charge in [-0.2, -0.15) is 13.2 Å². The van der Waals surface area contributed by atoms with Crippen LogP contribution in [0.5, 0.6) is 0 Å². The van der Waals surface area contributed by atoms with Gasteiger partial charge in [0, 0.05) is 38.1 Å². The normalized spacial score (nSPS) is 21.0. The second kappa shape index (κ2) is 7.63. The average Bonchev–Trinajstić information content (AvgIpc) is 3.27. The predicted octanol–water partition coefficient (Wildman–Crippen LogP) is 2.98. The molecule has 0 saturated carbocycles. The highest BCUT2D eigenvalue weighted by molar-refractivity contribution is 5.98. The number of hydrogen-bond donors (Lipinski definition) is 1. The molecule has 0 aliphatic carbocycles. The number of halogens is 3. The maximum atomic E-state index is 13.1. The fourth-order valence-electron chi connectivity index (χ4n) is 3.87. The maximum Gasteiger partial charge on any atom is 0.418 e. The van der Waals surface area contributed by atoms with E-state index in [2.05, 4.69) is 19.9 Å². The van der Waals surface area contributed by atoms with Gasteiger partial charge in [0.05, 0.1) is 17.5 Å². The van der Waals surface area contributed by atoms with Crippen molar-refractivity contribution in [1.29, 1.82) is 0 Å². The van der Waals surface area contributed by atoms with Crippen molar-refractivity contribution in [3.8, 4) is 0 Å². The van der Waals surface area contributed by atoms with Crippen LogP contribution in [-0.4, -0.2) is 58.8 Å². The molecule has 1 aromatic carbocycles. The SMILES string of the molecule is O=C(Cc1nc2c(C(F)(F)F)cccc2[nH]1)N=C1CCN(C2CCOCC2)C1. The molecule has 0 atom stereocenters. The number of carbonyl (C=O) groups is 1. The van der Waals surface area contributed by atoms with E-state index in [4.69, 9.17) is 4.74 Å². The summed E-state index contributed by atoms with van der Waals surface area (Å²) < 4.78 is 44.7. The molecule has 1 amide bonds. The minimum absolute atomic E-state index is 0.146. The van der Waals surface area contributed by atoms with E-state index >= 15 is 0 Å². The third-order valence-electron chi connectivity index (χ3n) is 5.25. The van der Waals surface area contributed by atoms with Gasteiger partial charge in [0.1, 0.15) is 11.3 Å². The molecule has 150 valence electrons. The molecule has 0 bridgehead atoms. The number of amides is 1. The van der Waals surface area contributed by atoms with Gasteiger partial charge in [-0.25, -0.2) is 9.98 Å². The number of aromatic amines is 1. The number of H-pyrrole nitrogens is 1. The zero-order valence-electron chi connectivity index (χ0n) is 15.3. The number of alkyl halides is 3. The molecule has 6 nitrogen and oxygen atoms in total. The molecule has 1 N–H and O–H groups in total. The number of nitrogens with one attached hydrogen (secondary N) is 1. The van der Waals surface area contributed by atoms with E-state index in [1.807, 2.05) is 0 Å². The van der Waals surface area contributed by atoms with Gasteiger partial charge in [-0.05, 0) is 31.4 Å². The smallest absolute Gasteiger partial charge is 0.381 e. The van der Waals surface area contributed by atoms with Gasteiger partial charge in [-0.3, -0.25) is 9.69 Å². The summed E-state index contributed by atoms with van der Waals surface area (Å²) in [4.78, 5) is 25.6. The summed E-state index contributed by atoms with van der Waals surface area (Å²) in [6.07, 6.45) is -1.93. The predicted molar refractivity (Wildman–Crippen MR) is 97.3 cm³/mol. The molecule has 0 unspecified atom stereocenters. The topological polar surface area (TPSA) is 70.6 Å². The zero-order valence-corrected chi connectivity index (χ0v) is 15.3. The Balaban J connectivity index is 1.43. The van der Waals surface area contributed by atoms with E-state index in [0.29, 0.717) is 12.6 Å². The van der Waals surface area contributed by atoms with Gasteiger partial charge in [0.2, 0.25) is 0 Å². The number of hydrogen-bond acceptors (Lipinski definition) is 4. The summed E-state index contributed by atoms with van der Waals surface area (Å²) in [5.41, 5.74) is 0.103. The number of imidazole rings is 1. The van der Waals surface area contributed by atoms with Crippen molar-refractivity contribution in [3.63, 3.8) is 0 Å². The van der Waals surface area contributed by atoms with Gasteiger partial charge in [-0.1, -0.05) is 6.07 Å². The molecule has 0 radical (unpaired) electrons. The summed E-state index contributed by atoms with van der Waals surface area (Å²) in [5.74, 6) is -0.197. The third kappa shape index (κ3) is 4.10. The van der Waals surface area contributed by atoms with Gasteiger partial charge in [0.15, 0.2) is 0 Å². The first-order chi connectivity index (χ1) is 13.4. The molecule has 2 fully saturated rings. The van der Waals surface area contributed by atoms with E-state index in [-0.39, 0.29) is 23.3 Å². The molecule has 28 heavy (non-hydrogen) atoms. The highest BCUT2D eigenvalue weighted by atomic mass is 19.4. The number of benzene rings is 1. The number of rotatable bonds is 3. The number of fused-ring (bicyclic) bond motifs is 1. The van der Waals surface area contributed by atoms with Crippen LogP contribution < -0.4 is 0 Å². The summed E-state index contributed by atoms with van der Waals surface area (Å²) in [6.45, 7) is 3.06. The highest BCUT2D eigenvalue weighted by Gasteiger charge is 2.34. The zero-order chi connectivity index (χ0) is 19.7. The lowest BCUT2D eigenvalue weighted by Crippen LogP contribution is -2.37. The Bertz CT molecular complexity index is 900. The second-order valence-corrected chi connectivity index (χ2v) is 7.20. The van der Waals surface area contributed by atoms with Crippen molar-refractivity contribution in [3.05, 3.63) is 29.6 Å². The van der Waals surface area contributed by atoms with Crippen molar-refractivity contribution in [2.75, 3.05) is 26.3 Å². The molecule has 2 saturated heterocycles. The quantitative estimate of drug-likeness (QED) is 0.869. The maximum absolute atomic E-state index is 13.1. The summed E-state index contributed by atoms with van der Waals surface area (Å²) >= 11 is 0. The molecule has 2 aliphatic rings. The van der Waals surface area contributed by atoms with Gasteiger partial charge >= 0.3 is 6.18 Å². The average molecular weight is 394 g/mol. The lowest BCUT2D eigenvalue weighted by molar-refractivity contribution is -0.136. The Morgan fingerprint density at radius 1 is 1.32 bits per heavy atom. The molecular formula is C19H21F3N4O2. The van der Waals surface area contributed by atoms with Crippen LogP contribution in [0.4, 0.5) is 13.2 Å². The molecule has 9 heteroatoms. The van der Waals surface area contributed by atoms with Crippen LogP contribution in [0.25, 0.3) is 11.0 Å². The molecule has 3 heterocycles. The Kier molecular flexibility index (Phi) is 5.20. The van der Waals surface area contributed by atoms with Crippen LogP contribution >= 0.6 is 0 Å². The number of likely N-dealkylation sites (tertiary alicyclic amines) is 1. The number of ether oxygens (including phenoxy) is 1. The first-order valence-electron chi connectivity index (χ1n) is 9.36. The van der Waals surface area contributed by atoms with E-state index in [1.165, 1.54) is 12.1 Å². The first-order valence-corrected chi connectivity index (χ1v) is 9.36. The van der Waals surface area contributed by atoms with Crippen LogP contribution in [0.2, 0.25) is 0 Å². The summed E-state index contributed by atoms with van der Waals surface area (Å²) in [6, 6.07) is 4.28. The van der Waals surface area contributed by atoms with Gasteiger partial charge in [0.25, 0.3) is 5.91 Å². The van der Waals surface area contributed by atoms with Crippen LogP contribution in [0.3, 0.4) is 0 Å². The van der Waals surface area contributed by atoms with Crippen LogP contribution in [-0.2, 0) is 22.1 Å². The largest absolute Gasteiger partial charge is 0.418 e. The Morgan fingerprint density at radius 3 is 2.86 bits per heavy atom. The minimum atomic E-state index is -4.49. The lowest BCUT2D eigenvalue weighted by Gasteiger charge is -2.30. The summed E-state index contributed by atoms with van der Waals surface area (Å²) in [7, 11) is 0. The summed E-state index contributed by atoms with van der Waals surface area (Å²) in [5, 5.41) is 0. The van der Waals surface area contributed by atoms with Crippen molar-refractivity contribution in [2.24, 2.45) is 4.99 Å². The number of carbonyl (C=O) groups excluding carboxylic acids is 1. The number of aromatic nitrogens is 2. The molecular weight excluding hydrogens is 373 g/mol. The number of para-hydroxylation sites is 1. The molecule has 4 rings (SSSR count). The van der Waals surface area contributed by atoms with E-state index in [1.54, 1.807) is 0 Å². The van der Waals surface area contributed by atoms with E-state index < -0.39 is 17.6 Å². The highest BCUT2D eigenvalue weighted by Crippen LogP contribution is 2.33. The molecule has 2 aromatic rings. The van der Waals surface area contributed by atoms with E-state index in [0.717, 1.165) is 50.8 Å². The number of nitrogens with zero attached hydrogens (tertiary/aromatic N) is 3. The number of aliphatic imine (C=N–C) groups is 1. The fraction of sp³-hybridized carbons (Fsp3) is 0.526. The minimum Gasteiger partial charge on any atom is -0.381 e. The lowest BCUT2D eigenvalue weighted by atomic mass is 10.1. The third-order valence-corrected chi connectivity index (χ3v) is 5.25. The van der Waals surface area contributed by atoms with Crippen LogP contribution in [0.1, 0.15) is 30.7 Å². The van der Waals surface area contributed by atoms with Crippen molar-refractivity contribution in [2.45, 2.75) is 37.9 Å². The Labute approximate surface area is 159 Å². The molecule has 1 aromatic heterocycles. The van der Waals surface area contributed by atoms with Crippen LogP contribution in [0, 0.1) is 0 Å². The second-order valence-electron chi connectivity index (χ2n) is 7.20. The Morgan fingerprint density at radius 2 is 2.11 bits per heavy atom. The van der Waals surface area contributed by atoms with Crippen molar-refractivity contribution in [1.82, 2.24) is 14.9 Å². The van der Waals surface area contributed by atoms with E-state index in [9.17, 15) is 18.0 Å². The van der Waals surface area contributed by atoms with Gasteiger partial charge in [-0.15, -0.1) is 0 Å². The van der Waals surface area contributed by atoms with Gasteiger partial charge < -0.3 is 9.72 Å². The standard InChI is InChI=1S/C19H21F3N4O2/c20-19(21,22)14-2-1-3-15-18(14)25-16(24-15)10-17(27)23-12-4-7-26(11-12)13-5-8-28-9-6-13/h1-3,13H,4-11H2,(H,24,25). The van der Waals surface area contributed by atoms with Crippen molar-refractivity contribution >= 4 is 22.7 Å². The molecule has 2 aliphatic heterocycles. The van der Waals surface area contributed by atoms with Crippen molar-refractivity contribution < 1.29 is 22.7 Å². The van der Waals surface area contributed by atoms with Crippen LogP contribution in [0.15, 0.2) is 23.2 Å². The fourth-order valence-corrected chi connectivity index (χ4v) is 3.87. The molecule has 0 spiro atoms.